The average molecular weight is 233 g/mol. The van der Waals surface area contributed by atoms with Crippen LogP contribution in [0.25, 0.3) is 0 Å². The van der Waals surface area contributed by atoms with Gasteiger partial charge in [-0.05, 0) is 57.4 Å². The van der Waals surface area contributed by atoms with Gasteiger partial charge in [0.15, 0.2) is 0 Å². The van der Waals surface area contributed by atoms with Gasteiger partial charge in [-0.2, -0.15) is 0 Å². The predicted molar refractivity (Wildman–Crippen MR) is 70.8 cm³/mol. The number of nitrogens with zero attached hydrogens (tertiary/aromatic N) is 2. The summed E-state index contributed by atoms with van der Waals surface area (Å²) in [6, 6.07) is 3.17. The fraction of sp³-hybridized carbons (Fsp3) is 0.643. The van der Waals surface area contributed by atoms with Gasteiger partial charge in [-0.25, -0.2) is 0 Å². The van der Waals surface area contributed by atoms with Gasteiger partial charge in [-0.3, -0.25) is 9.88 Å². The summed E-state index contributed by atoms with van der Waals surface area (Å²) in [5, 5.41) is 0. The van der Waals surface area contributed by atoms with E-state index in [1.165, 1.54) is 17.5 Å². The number of nitrogens with two attached hydrogens (primary N) is 1. The van der Waals surface area contributed by atoms with Gasteiger partial charge >= 0.3 is 0 Å². The van der Waals surface area contributed by atoms with Crippen molar-refractivity contribution in [2.24, 2.45) is 5.73 Å². The maximum atomic E-state index is 6.34. The van der Waals surface area contributed by atoms with Crippen molar-refractivity contribution in [1.82, 2.24) is 9.88 Å². The lowest BCUT2D eigenvalue weighted by atomic mass is 9.89. The molecule has 17 heavy (non-hydrogen) atoms. The van der Waals surface area contributed by atoms with Crippen LogP contribution in [0.4, 0.5) is 0 Å². The Kier molecular flexibility index (Phi) is 3.79. The molecule has 0 aromatic carbocycles. The first-order valence-electron chi connectivity index (χ1n) is 6.53. The summed E-state index contributed by atoms with van der Waals surface area (Å²) in [5.41, 5.74) is 8.94. The highest BCUT2D eigenvalue weighted by molar-refractivity contribution is 5.27. The molecule has 2 rings (SSSR count). The summed E-state index contributed by atoms with van der Waals surface area (Å²) in [6.45, 7) is 7.79. The molecule has 2 heterocycles. The molecule has 0 bridgehead atoms. The number of aromatic nitrogens is 1. The van der Waals surface area contributed by atoms with Crippen LogP contribution in [-0.4, -0.2) is 28.5 Å². The van der Waals surface area contributed by atoms with E-state index in [0.717, 1.165) is 13.0 Å². The van der Waals surface area contributed by atoms with Gasteiger partial charge in [0.1, 0.15) is 0 Å². The molecule has 1 fully saturated rings. The van der Waals surface area contributed by atoms with E-state index in [-0.39, 0.29) is 6.04 Å². The molecule has 1 aliphatic heterocycles. The minimum absolute atomic E-state index is 0.231. The van der Waals surface area contributed by atoms with Crippen LogP contribution in [0, 0.1) is 6.92 Å². The molecule has 3 heteroatoms. The standard InChI is InChI=1S/C14H23N3/c1-10(2)17-8-4-5-13(15)14(17)12-9-16-7-6-11(12)3/h6-7,9-10,13-14H,4-5,8,15H2,1-3H3. The Balaban J connectivity index is 2.35. The SMILES string of the molecule is Cc1ccncc1C1C(N)CCCN1C(C)C. The normalized spacial score (nSPS) is 26.4. The number of hydrogen-bond acceptors (Lipinski definition) is 3. The Labute approximate surface area is 104 Å². The number of piperidine rings is 1. The van der Waals surface area contributed by atoms with Crippen molar-refractivity contribution in [3.05, 3.63) is 29.6 Å². The van der Waals surface area contributed by atoms with Crippen LogP contribution in [0.2, 0.25) is 0 Å². The molecule has 0 aliphatic carbocycles. The van der Waals surface area contributed by atoms with Crippen molar-refractivity contribution in [2.75, 3.05) is 6.54 Å². The first-order valence-corrected chi connectivity index (χ1v) is 6.53. The Morgan fingerprint density at radius 1 is 1.47 bits per heavy atom. The molecule has 94 valence electrons. The lowest BCUT2D eigenvalue weighted by molar-refractivity contribution is 0.0941. The number of likely N-dealkylation sites (tertiary alicyclic amines) is 1. The van der Waals surface area contributed by atoms with Crippen LogP contribution in [0.5, 0.6) is 0 Å². The molecule has 3 nitrogen and oxygen atoms in total. The third-order valence-electron chi connectivity index (χ3n) is 3.78. The zero-order valence-corrected chi connectivity index (χ0v) is 11.1. The number of rotatable bonds is 2. The predicted octanol–water partition coefficient (Wildman–Crippen LogP) is 2.26. The molecule has 0 spiro atoms. The molecule has 2 atom stereocenters. The van der Waals surface area contributed by atoms with Crippen molar-refractivity contribution in [3.8, 4) is 0 Å². The molecule has 1 aromatic heterocycles. The van der Waals surface area contributed by atoms with E-state index >= 15 is 0 Å². The molecule has 0 saturated carbocycles. The van der Waals surface area contributed by atoms with E-state index in [0.29, 0.717) is 12.1 Å². The largest absolute Gasteiger partial charge is 0.326 e. The molecule has 1 aromatic rings. The monoisotopic (exact) mass is 233 g/mol. The minimum atomic E-state index is 0.231. The Hall–Kier alpha value is -0.930. The van der Waals surface area contributed by atoms with Gasteiger partial charge in [0.05, 0.1) is 6.04 Å². The van der Waals surface area contributed by atoms with Crippen LogP contribution in [-0.2, 0) is 0 Å². The highest BCUT2D eigenvalue weighted by Crippen LogP contribution is 2.32. The summed E-state index contributed by atoms with van der Waals surface area (Å²) in [5.74, 6) is 0. The molecule has 0 amide bonds. The van der Waals surface area contributed by atoms with Gasteiger partial charge < -0.3 is 5.73 Å². The van der Waals surface area contributed by atoms with Gasteiger partial charge in [0, 0.05) is 24.5 Å². The molecular weight excluding hydrogens is 210 g/mol. The number of aryl methyl sites for hydroxylation is 1. The van der Waals surface area contributed by atoms with E-state index in [1.54, 1.807) is 0 Å². The highest BCUT2D eigenvalue weighted by Gasteiger charge is 2.32. The van der Waals surface area contributed by atoms with Gasteiger partial charge in [0.2, 0.25) is 0 Å². The minimum Gasteiger partial charge on any atom is -0.326 e. The second-order valence-corrected chi connectivity index (χ2v) is 5.31. The van der Waals surface area contributed by atoms with Crippen LogP contribution in [0.15, 0.2) is 18.5 Å². The smallest absolute Gasteiger partial charge is 0.0519 e. The third-order valence-corrected chi connectivity index (χ3v) is 3.78. The van der Waals surface area contributed by atoms with E-state index in [1.807, 2.05) is 12.4 Å². The van der Waals surface area contributed by atoms with Crippen molar-refractivity contribution in [3.63, 3.8) is 0 Å². The average Bonchev–Trinajstić information content (AvgIpc) is 2.30. The Bertz CT molecular complexity index is 375. The first kappa shape index (κ1) is 12.5. The van der Waals surface area contributed by atoms with E-state index in [2.05, 4.69) is 36.7 Å². The molecular formula is C14H23N3. The topological polar surface area (TPSA) is 42.1 Å². The van der Waals surface area contributed by atoms with E-state index in [4.69, 9.17) is 5.73 Å². The second kappa shape index (κ2) is 5.15. The summed E-state index contributed by atoms with van der Waals surface area (Å²) < 4.78 is 0. The maximum absolute atomic E-state index is 6.34. The highest BCUT2D eigenvalue weighted by atomic mass is 15.2. The van der Waals surface area contributed by atoms with Crippen molar-refractivity contribution >= 4 is 0 Å². The molecule has 1 saturated heterocycles. The van der Waals surface area contributed by atoms with E-state index < -0.39 is 0 Å². The molecule has 2 unspecified atom stereocenters. The number of pyridine rings is 1. The van der Waals surface area contributed by atoms with E-state index in [9.17, 15) is 0 Å². The second-order valence-electron chi connectivity index (χ2n) is 5.31. The first-order chi connectivity index (χ1) is 8.11. The molecule has 2 N–H and O–H groups in total. The molecule has 1 aliphatic rings. The maximum Gasteiger partial charge on any atom is 0.0519 e. The Morgan fingerprint density at radius 3 is 2.88 bits per heavy atom. The fourth-order valence-electron chi connectivity index (χ4n) is 2.83. The summed E-state index contributed by atoms with van der Waals surface area (Å²) in [6.07, 6.45) is 6.16. The summed E-state index contributed by atoms with van der Waals surface area (Å²) in [7, 11) is 0. The Morgan fingerprint density at radius 2 is 2.24 bits per heavy atom. The van der Waals surface area contributed by atoms with Gasteiger partial charge in [-0.15, -0.1) is 0 Å². The zero-order chi connectivity index (χ0) is 12.4. The van der Waals surface area contributed by atoms with Crippen LogP contribution < -0.4 is 5.73 Å². The number of hydrogen-bond donors (Lipinski definition) is 1. The van der Waals surface area contributed by atoms with Crippen LogP contribution >= 0.6 is 0 Å². The van der Waals surface area contributed by atoms with Crippen molar-refractivity contribution in [1.29, 1.82) is 0 Å². The zero-order valence-electron chi connectivity index (χ0n) is 11.1. The van der Waals surface area contributed by atoms with Crippen LogP contribution in [0.1, 0.15) is 43.9 Å². The summed E-state index contributed by atoms with van der Waals surface area (Å²) in [4.78, 5) is 6.78. The fourth-order valence-corrected chi connectivity index (χ4v) is 2.83. The van der Waals surface area contributed by atoms with Crippen molar-refractivity contribution in [2.45, 2.75) is 51.7 Å². The van der Waals surface area contributed by atoms with Crippen molar-refractivity contribution < 1.29 is 0 Å². The lowest BCUT2D eigenvalue weighted by Crippen LogP contribution is -2.48. The lowest BCUT2D eigenvalue weighted by Gasteiger charge is -2.42. The third kappa shape index (κ3) is 2.50. The van der Waals surface area contributed by atoms with Crippen LogP contribution in [0.3, 0.4) is 0 Å². The molecule has 0 radical (unpaired) electrons. The van der Waals surface area contributed by atoms with Gasteiger partial charge in [-0.1, -0.05) is 0 Å². The quantitative estimate of drug-likeness (QED) is 0.852. The van der Waals surface area contributed by atoms with Gasteiger partial charge in [0.25, 0.3) is 0 Å². The summed E-state index contributed by atoms with van der Waals surface area (Å²) >= 11 is 0.